The molecular weight excluding hydrogens is 350 g/mol. The Hall–Kier alpha value is -2.13. The van der Waals surface area contributed by atoms with E-state index < -0.39 is 26.6 Å². The summed E-state index contributed by atoms with van der Waals surface area (Å²) in [6.45, 7) is 3.39. The Morgan fingerprint density at radius 1 is 1.16 bits per heavy atom. The maximum atomic E-state index is 13.7. The largest absolute Gasteiger partial charge is 0.357 e. The van der Waals surface area contributed by atoms with E-state index in [4.69, 9.17) is 0 Å². The van der Waals surface area contributed by atoms with Gasteiger partial charge in [-0.3, -0.25) is 0 Å². The van der Waals surface area contributed by atoms with Crippen LogP contribution in [0.15, 0.2) is 29.2 Å². The third kappa shape index (κ3) is 4.10. The number of benzene rings is 1. The zero-order valence-corrected chi connectivity index (χ0v) is 14.5. The van der Waals surface area contributed by atoms with Crippen LogP contribution in [0.25, 0.3) is 0 Å². The number of hydrogen-bond donors (Lipinski definition) is 1. The lowest BCUT2D eigenvalue weighted by Crippen LogP contribution is -2.26. The van der Waals surface area contributed by atoms with E-state index in [1.165, 1.54) is 0 Å². The first-order valence-electron chi connectivity index (χ1n) is 7.89. The zero-order chi connectivity index (χ0) is 18.0. The molecule has 0 spiro atoms. The number of rotatable bonds is 5. The Balaban J connectivity index is 1.79. The third-order valence-electron chi connectivity index (χ3n) is 3.92. The molecular formula is C16H18F2N4O2S. The van der Waals surface area contributed by atoms with Crippen LogP contribution in [0.4, 0.5) is 14.6 Å². The van der Waals surface area contributed by atoms with Crippen LogP contribution in [0.1, 0.15) is 24.4 Å². The quantitative estimate of drug-likeness (QED) is 0.875. The fourth-order valence-electron chi connectivity index (χ4n) is 2.72. The minimum atomic E-state index is -4.21. The van der Waals surface area contributed by atoms with Gasteiger partial charge in [0.05, 0.1) is 6.54 Å². The average Bonchev–Trinajstić information content (AvgIpc) is 3.09. The van der Waals surface area contributed by atoms with Crippen LogP contribution < -0.4 is 9.62 Å². The molecule has 9 heteroatoms. The van der Waals surface area contributed by atoms with Gasteiger partial charge in [-0.25, -0.2) is 31.9 Å². The first-order chi connectivity index (χ1) is 11.8. The first kappa shape index (κ1) is 17.7. The highest BCUT2D eigenvalue weighted by Gasteiger charge is 2.21. The Bertz CT molecular complexity index is 884. The number of halogens is 2. The van der Waals surface area contributed by atoms with E-state index in [2.05, 4.69) is 19.6 Å². The number of aromatic nitrogens is 2. The van der Waals surface area contributed by atoms with Crippen molar-refractivity contribution in [2.24, 2.45) is 0 Å². The van der Waals surface area contributed by atoms with E-state index >= 15 is 0 Å². The van der Waals surface area contributed by atoms with Gasteiger partial charge in [-0.2, -0.15) is 0 Å². The molecule has 1 aromatic heterocycles. The second-order valence-electron chi connectivity index (χ2n) is 5.88. The maximum absolute atomic E-state index is 13.7. The molecule has 0 radical (unpaired) electrons. The van der Waals surface area contributed by atoms with E-state index in [0.717, 1.165) is 43.9 Å². The molecule has 6 nitrogen and oxygen atoms in total. The summed E-state index contributed by atoms with van der Waals surface area (Å²) in [6.07, 6.45) is 2.17. The monoisotopic (exact) mass is 368 g/mol. The van der Waals surface area contributed by atoms with E-state index in [1.54, 1.807) is 6.92 Å². The van der Waals surface area contributed by atoms with Crippen LogP contribution in [-0.4, -0.2) is 31.5 Å². The normalized spacial score (nSPS) is 14.9. The molecule has 1 N–H and O–H groups in total. The molecule has 1 aliphatic rings. The summed E-state index contributed by atoms with van der Waals surface area (Å²) in [6, 6.07) is 4.12. The second kappa shape index (κ2) is 7.01. The Labute approximate surface area is 145 Å². The fourth-order valence-corrected chi connectivity index (χ4v) is 3.79. The van der Waals surface area contributed by atoms with Gasteiger partial charge in [0.1, 0.15) is 28.2 Å². The molecule has 134 valence electrons. The summed E-state index contributed by atoms with van der Waals surface area (Å²) in [5.41, 5.74) is 0.711. The maximum Gasteiger partial charge on any atom is 0.243 e. The summed E-state index contributed by atoms with van der Waals surface area (Å²) in [4.78, 5) is 9.96. The van der Waals surface area contributed by atoms with Gasteiger partial charge in [0.25, 0.3) is 0 Å². The highest BCUT2D eigenvalue weighted by molar-refractivity contribution is 7.89. The number of nitrogens with one attached hydrogen (secondary N) is 1. The predicted molar refractivity (Wildman–Crippen MR) is 88.6 cm³/mol. The highest BCUT2D eigenvalue weighted by Crippen LogP contribution is 2.19. The van der Waals surface area contributed by atoms with Crippen LogP contribution in [0.3, 0.4) is 0 Å². The summed E-state index contributed by atoms with van der Waals surface area (Å²) in [5.74, 6) is -0.819. The lowest BCUT2D eigenvalue weighted by atomic mass is 10.3. The number of nitrogens with zero attached hydrogens (tertiary/aromatic N) is 3. The molecule has 3 rings (SSSR count). The SMILES string of the molecule is Cc1cc(N2CCCC2)nc(CNS(=O)(=O)c2cc(F)ccc2F)n1. The summed E-state index contributed by atoms with van der Waals surface area (Å²) < 4.78 is 53.6. The molecule has 25 heavy (non-hydrogen) atoms. The first-order valence-corrected chi connectivity index (χ1v) is 9.38. The van der Waals surface area contributed by atoms with E-state index in [-0.39, 0.29) is 12.4 Å². The van der Waals surface area contributed by atoms with Gasteiger partial charge in [0.2, 0.25) is 10.0 Å². The third-order valence-corrected chi connectivity index (χ3v) is 5.34. The molecule has 0 atom stereocenters. The Kier molecular flexibility index (Phi) is 4.96. The van der Waals surface area contributed by atoms with Crippen molar-refractivity contribution in [3.8, 4) is 0 Å². The van der Waals surface area contributed by atoms with Gasteiger partial charge in [-0.05, 0) is 38.0 Å². The molecule has 2 aromatic rings. The van der Waals surface area contributed by atoms with E-state index in [9.17, 15) is 17.2 Å². The van der Waals surface area contributed by atoms with Crippen molar-refractivity contribution in [1.29, 1.82) is 0 Å². The van der Waals surface area contributed by atoms with Crippen molar-refractivity contribution in [2.45, 2.75) is 31.2 Å². The fraction of sp³-hybridized carbons (Fsp3) is 0.375. The van der Waals surface area contributed by atoms with Gasteiger partial charge in [-0.15, -0.1) is 0 Å². The molecule has 2 heterocycles. The van der Waals surface area contributed by atoms with Crippen molar-refractivity contribution in [2.75, 3.05) is 18.0 Å². The summed E-state index contributed by atoms with van der Waals surface area (Å²) >= 11 is 0. The molecule has 1 saturated heterocycles. The molecule has 0 amide bonds. The Morgan fingerprint density at radius 2 is 1.88 bits per heavy atom. The van der Waals surface area contributed by atoms with Gasteiger partial charge in [-0.1, -0.05) is 0 Å². The standard InChI is InChI=1S/C16H18F2N4O2S/c1-11-8-16(22-6-2-3-7-22)21-15(20-11)10-19-25(23,24)14-9-12(17)4-5-13(14)18/h4-5,8-9,19H,2-3,6-7,10H2,1H3. The van der Waals surface area contributed by atoms with Gasteiger partial charge < -0.3 is 4.90 Å². The van der Waals surface area contributed by atoms with Crippen molar-refractivity contribution in [3.63, 3.8) is 0 Å². The molecule has 1 aromatic carbocycles. The molecule has 0 unspecified atom stereocenters. The summed E-state index contributed by atoms with van der Waals surface area (Å²) in [7, 11) is -4.21. The van der Waals surface area contributed by atoms with Crippen LogP contribution in [0.5, 0.6) is 0 Å². The van der Waals surface area contributed by atoms with Crippen molar-refractivity contribution in [1.82, 2.24) is 14.7 Å². The number of sulfonamides is 1. The lowest BCUT2D eigenvalue weighted by molar-refractivity contribution is 0.544. The van der Waals surface area contributed by atoms with E-state index in [1.807, 2.05) is 6.07 Å². The number of hydrogen-bond acceptors (Lipinski definition) is 5. The van der Waals surface area contributed by atoms with Crippen LogP contribution in [0.2, 0.25) is 0 Å². The predicted octanol–water partition coefficient (Wildman–Crippen LogP) is 2.14. The van der Waals surface area contributed by atoms with Crippen molar-refractivity contribution >= 4 is 15.8 Å². The zero-order valence-electron chi connectivity index (χ0n) is 13.7. The van der Waals surface area contributed by atoms with Gasteiger partial charge in [0, 0.05) is 24.8 Å². The van der Waals surface area contributed by atoms with Crippen molar-refractivity contribution < 1.29 is 17.2 Å². The minimum Gasteiger partial charge on any atom is -0.357 e. The highest BCUT2D eigenvalue weighted by atomic mass is 32.2. The van der Waals surface area contributed by atoms with Gasteiger partial charge in [0.15, 0.2) is 0 Å². The van der Waals surface area contributed by atoms with Crippen LogP contribution in [0, 0.1) is 18.6 Å². The average molecular weight is 368 g/mol. The van der Waals surface area contributed by atoms with E-state index in [0.29, 0.717) is 11.8 Å². The lowest BCUT2D eigenvalue weighted by Gasteiger charge is -2.17. The molecule has 0 aliphatic carbocycles. The number of anilines is 1. The molecule has 0 bridgehead atoms. The van der Waals surface area contributed by atoms with Crippen LogP contribution in [-0.2, 0) is 16.6 Å². The summed E-state index contributed by atoms with van der Waals surface area (Å²) in [5, 5.41) is 0. The van der Waals surface area contributed by atoms with Gasteiger partial charge >= 0.3 is 0 Å². The molecule has 0 saturated carbocycles. The van der Waals surface area contributed by atoms with Crippen molar-refractivity contribution in [3.05, 3.63) is 47.4 Å². The minimum absolute atomic E-state index is 0.208. The second-order valence-corrected chi connectivity index (χ2v) is 7.61. The van der Waals surface area contributed by atoms with Crippen LogP contribution >= 0.6 is 0 Å². The smallest absolute Gasteiger partial charge is 0.243 e. The molecule has 1 aliphatic heterocycles. The Morgan fingerprint density at radius 3 is 2.60 bits per heavy atom. The number of aryl methyl sites for hydroxylation is 1. The molecule has 1 fully saturated rings. The topological polar surface area (TPSA) is 75.2 Å².